The molecule has 0 aromatic heterocycles. The van der Waals surface area contributed by atoms with Crippen LogP contribution in [0.1, 0.15) is 0 Å². The van der Waals surface area contributed by atoms with E-state index >= 15 is 0 Å². The van der Waals surface area contributed by atoms with Gasteiger partial charge in [0.15, 0.2) is 0 Å². The maximum Gasteiger partial charge on any atom is 1.00 e. The molecule has 0 aliphatic carbocycles. The van der Waals surface area contributed by atoms with Gasteiger partial charge in [-0.25, -0.2) is 0 Å². The molecule has 0 bridgehead atoms. The van der Waals surface area contributed by atoms with Gasteiger partial charge in [-0.15, -0.1) is 0 Å². The van der Waals surface area contributed by atoms with Gasteiger partial charge in [0.2, 0.25) is 7.91 Å². The SMILES string of the molecule is O=P(=O)[O-].[Cs+]. The average molecular weight is 212 g/mol. The molecule has 0 unspecified atom stereocenters. The molecule has 0 spiro atoms. The quantitative estimate of drug-likeness (QED) is 0.390. The van der Waals surface area contributed by atoms with Gasteiger partial charge in [0.25, 0.3) is 0 Å². The zero-order chi connectivity index (χ0) is 3.58. The van der Waals surface area contributed by atoms with E-state index in [0.717, 1.165) is 0 Å². The molecular formula is CsO3P. The van der Waals surface area contributed by atoms with Crippen LogP contribution in [0.4, 0.5) is 0 Å². The predicted molar refractivity (Wildman–Crippen MR) is 8.29 cm³/mol. The molecule has 0 aliphatic heterocycles. The van der Waals surface area contributed by atoms with E-state index in [-0.39, 0.29) is 68.9 Å². The molecule has 0 aromatic carbocycles. The molecule has 0 radical (unpaired) electrons. The Morgan fingerprint density at radius 2 is 1.40 bits per heavy atom. The van der Waals surface area contributed by atoms with Gasteiger partial charge in [-0.1, -0.05) is 0 Å². The molecule has 0 saturated carbocycles. The second-order valence-electron chi connectivity index (χ2n) is 0.224. The third-order valence-electron chi connectivity index (χ3n) is 0. The smallest absolute Gasteiger partial charge is 0.744 e. The van der Waals surface area contributed by atoms with Crippen molar-refractivity contribution in [1.82, 2.24) is 0 Å². The minimum Gasteiger partial charge on any atom is -0.744 e. The van der Waals surface area contributed by atoms with Crippen molar-refractivity contribution in [2.75, 3.05) is 0 Å². The third kappa shape index (κ3) is 24.7. The number of hydrogen-bond donors (Lipinski definition) is 0. The maximum atomic E-state index is 8.48. The van der Waals surface area contributed by atoms with Crippen LogP contribution in [0.25, 0.3) is 0 Å². The van der Waals surface area contributed by atoms with E-state index in [2.05, 4.69) is 0 Å². The number of hydrogen-bond acceptors (Lipinski definition) is 3. The van der Waals surface area contributed by atoms with Gasteiger partial charge in [0, 0.05) is 0 Å². The molecule has 0 aliphatic rings. The Bertz CT molecular complexity index is 55.3. The van der Waals surface area contributed by atoms with Gasteiger partial charge in [-0.3, -0.25) is 9.13 Å². The zero-order valence-electron chi connectivity index (χ0n) is 2.67. The van der Waals surface area contributed by atoms with Crippen molar-refractivity contribution in [3.8, 4) is 0 Å². The molecule has 0 fully saturated rings. The van der Waals surface area contributed by atoms with Crippen LogP contribution in [0.2, 0.25) is 0 Å². The minimum atomic E-state index is -3.37. The van der Waals surface area contributed by atoms with Crippen LogP contribution in [0.15, 0.2) is 0 Å². The van der Waals surface area contributed by atoms with Crippen LogP contribution in [-0.4, -0.2) is 0 Å². The molecule has 0 amide bonds. The van der Waals surface area contributed by atoms with E-state index in [1.165, 1.54) is 0 Å². The molecule has 3 nitrogen and oxygen atoms in total. The number of rotatable bonds is 0. The fourth-order valence-electron chi connectivity index (χ4n) is 0. The first kappa shape index (κ1) is 10.0. The van der Waals surface area contributed by atoms with Crippen molar-refractivity contribution in [1.29, 1.82) is 0 Å². The molecule has 0 heterocycles. The Morgan fingerprint density at radius 1 is 1.40 bits per heavy atom. The summed E-state index contributed by atoms with van der Waals surface area (Å²) in [5.74, 6) is 0. The predicted octanol–water partition coefficient (Wildman–Crippen LogP) is -3.56. The van der Waals surface area contributed by atoms with E-state index in [0.29, 0.717) is 0 Å². The molecular weight excluding hydrogens is 212 g/mol. The van der Waals surface area contributed by atoms with E-state index in [4.69, 9.17) is 14.0 Å². The Kier molecular flexibility index (Phi) is 11.8. The summed E-state index contributed by atoms with van der Waals surface area (Å²) in [6.07, 6.45) is 0. The first-order chi connectivity index (χ1) is 1.73. The molecule has 0 saturated heterocycles. The van der Waals surface area contributed by atoms with Crippen molar-refractivity contribution >= 4 is 7.91 Å². The van der Waals surface area contributed by atoms with Crippen molar-refractivity contribution in [3.63, 3.8) is 0 Å². The van der Waals surface area contributed by atoms with Crippen molar-refractivity contribution in [3.05, 3.63) is 0 Å². The molecule has 5 heavy (non-hydrogen) atoms. The summed E-state index contributed by atoms with van der Waals surface area (Å²) in [6, 6.07) is 0. The second kappa shape index (κ2) is 5.91. The van der Waals surface area contributed by atoms with Gasteiger partial charge in [-0.2, -0.15) is 0 Å². The van der Waals surface area contributed by atoms with Crippen LogP contribution >= 0.6 is 7.91 Å². The first-order valence-corrected chi connectivity index (χ1v) is 1.64. The molecule has 0 rings (SSSR count). The van der Waals surface area contributed by atoms with E-state index in [1.54, 1.807) is 0 Å². The molecule has 24 valence electrons. The van der Waals surface area contributed by atoms with Gasteiger partial charge in [0.05, 0.1) is 0 Å². The van der Waals surface area contributed by atoms with Crippen molar-refractivity contribution in [2.24, 2.45) is 0 Å². The monoisotopic (exact) mass is 212 g/mol. The summed E-state index contributed by atoms with van der Waals surface area (Å²) < 4.78 is 17.0. The first-order valence-electron chi connectivity index (χ1n) is 0.548. The van der Waals surface area contributed by atoms with E-state index in [9.17, 15) is 0 Å². The third-order valence-corrected chi connectivity index (χ3v) is 0. The summed E-state index contributed by atoms with van der Waals surface area (Å²) in [7, 11) is -3.37. The Morgan fingerprint density at radius 3 is 1.40 bits per heavy atom. The maximum absolute atomic E-state index is 8.48. The van der Waals surface area contributed by atoms with Crippen LogP contribution in [-0.2, 0) is 9.13 Å². The van der Waals surface area contributed by atoms with Gasteiger partial charge in [-0.05, 0) is 0 Å². The zero-order valence-corrected chi connectivity index (χ0v) is 9.85. The largest absolute Gasteiger partial charge is 1.00 e. The average Bonchev–Trinajstić information content (AvgIpc) is 0.811. The Balaban J connectivity index is 0. The van der Waals surface area contributed by atoms with Crippen molar-refractivity contribution < 1.29 is 82.9 Å². The normalized spacial score (nSPS) is 5.00. The standard InChI is InChI=1S/Cs.HO3P/c;1-4(2)3/h;(H,1,2,3)/q+1;/p-1. The van der Waals surface area contributed by atoms with Crippen LogP contribution in [0, 0.1) is 0 Å². The van der Waals surface area contributed by atoms with Crippen LogP contribution < -0.4 is 73.8 Å². The van der Waals surface area contributed by atoms with E-state index < -0.39 is 7.91 Å². The molecule has 0 atom stereocenters. The second-order valence-corrected chi connectivity index (χ2v) is 0.671. The van der Waals surface area contributed by atoms with Crippen molar-refractivity contribution in [2.45, 2.75) is 0 Å². The Labute approximate surface area is 88.5 Å². The van der Waals surface area contributed by atoms with Crippen LogP contribution in [0.5, 0.6) is 0 Å². The molecule has 0 N–H and O–H groups in total. The van der Waals surface area contributed by atoms with E-state index in [1.807, 2.05) is 0 Å². The van der Waals surface area contributed by atoms with Gasteiger partial charge < -0.3 is 4.89 Å². The topological polar surface area (TPSA) is 57.2 Å². The molecule has 5 heteroatoms. The molecule has 0 aromatic rings. The summed E-state index contributed by atoms with van der Waals surface area (Å²) >= 11 is 0. The minimum absolute atomic E-state index is 0. The summed E-state index contributed by atoms with van der Waals surface area (Å²) in [4.78, 5) is 8.48. The van der Waals surface area contributed by atoms with Crippen LogP contribution in [0.3, 0.4) is 0 Å². The summed E-state index contributed by atoms with van der Waals surface area (Å²) in [6.45, 7) is 0. The fraction of sp³-hybridized carbons (Fsp3) is 0. The summed E-state index contributed by atoms with van der Waals surface area (Å²) in [5, 5.41) is 0. The Hall–Kier alpha value is 1.91. The summed E-state index contributed by atoms with van der Waals surface area (Å²) in [5.41, 5.74) is 0. The fourth-order valence-corrected chi connectivity index (χ4v) is 0. The van der Waals surface area contributed by atoms with Gasteiger partial charge in [0.1, 0.15) is 0 Å². The van der Waals surface area contributed by atoms with Gasteiger partial charge >= 0.3 is 68.9 Å².